The molecule has 2 fully saturated rings. The largest absolute Gasteiger partial charge is 0.314 e. The first-order valence-electron chi connectivity index (χ1n) is 7.21. The molecule has 16 heavy (non-hydrogen) atoms. The average Bonchev–Trinajstić information content (AvgIpc) is 2.31. The monoisotopic (exact) mass is 226 g/mol. The summed E-state index contributed by atoms with van der Waals surface area (Å²) >= 11 is 0. The molecule has 2 aliphatic heterocycles. The minimum atomic E-state index is 0.786. The van der Waals surface area contributed by atoms with Gasteiger partial charge in [0.15, 0.2) is 0 Å². The van der Waals surface area contributed by atoms with Crippen LogP contribution in [0.25, 0.3) is 0 Å². The zero-order chi connectivity index (χ0) is 11.8. The van der Waals surface area contributed by atoms with Crippen molar-refractivity contribution in [3.05, 3.63) is 0 Å². The van der Waals surface area contributed by atoms with Gasteiger partial charge in [-0.3, -0.25) is 0 Å². The summed E-state index contributed by atoms with van der Waals surface area (Å²) in [4.78, 5) is 2.56. The lowest BCUT2D eigenvalue weighted by Gasteiger charge is -2.31. The van der Waals surface area contributed by atoms with Gasteiger partial charge >= 0.3 is 0 Å². The lowest BCUT2D eigenvalue weighted by atomic mass is 10.0. The molecule has 0 saturated carbocycles. The lowest BCUT2D eigenvalue weighted by Crippen LogP contribution is -2.36. The average molecular weight is 226 g/mol. The molecule has 2 unspecified atom stereocenters. The fourth-order valence-electron chi connectivity index (χ4n) is 2.65. The van der Waals surface area contributed by atoms with E-state index in [4.69, 9.17) is 0 Å². The molecule has 0 aliphatic carbocycles. The number of hydrogen-bond acceptors (Lipinski definition) is 2. The molecular formula is C14H30N2. The van der Waals surface area contributed by atoms with Crippen LogP contribution in [0.3, 0.4) is 0 Å². The van der Waals surface area contributed by atoms with Gasteiger partial charge in [-0.15, -0.1) is 0 Å². The maximum atomic E-state index is 3.38. The van der Waals surface area contributed by atoms with Crippen molar-refractivity contribution in [2.24, 2.45) is 0 Å². The highest BCUT2D eigenvalue weighted by Gasteiger charge is 2.15. The molecule has 2 rings (SSSR count). The molecule has 0 spiro atoms. The van der Waals surface area contributed by atoms with Crippen molar-refractivity contribution in [1.82, 2.24) is 10.2 Å². The van der Waals surface area contributed by atoms with Crippen molar-refractivity contribution in [1.29, 1.82) is 0 Å². The Kier molecular flexibility index (Phi) is 7.06. The molecule has 2 aliphatic rings. The summed E-state index contributed by atoms with van der Waals surface area (Å²) < 4.78 is 0. The van der Waals surface area contributed by atoms with Crippen LogP contribution in [0.15, 0.2) is 0 Å². The van der Waals surface area contributed by atoms with Crippen LogP contribution in [0.1, 0.15) is 59.3 Å². The third-order valence-electron chi connectivity index (χ3n) is 3.90. The summed E-state index contributed by atoms with van der Waals surface area (Å²) in [6.07, 6.45) is 8.45. The molecule has 0 aromatic rings. The number of piperidine rings is 2. The highest BCUT2D eigenvalue weighted by atomic mass is 15.1. The Hall–Kier alpha value is -0.0800. The van der Waals surface area contributed by atoms with Crippen molar-refractivity contribution >= 4 is 0 Å². The van der Waals surface area contributed by atoms with Crippen molar-refractivity contribution in [2.75, 3.05) is 19.6 Å². The van der Waals surface area contributed by atoms with E-state index in [0.29, 0.717) is 0 Å². The zero-order valence-electron chi connectivity index (χ0n) is 11.5. The van der Waals surface area contributed by atoms with Crippen LogP contribution in [0.5, 0.6) is 0 Å². The Bertz CT molecular complexity index is 164. The van der Waals surface area contributed by atoms with Crippen molar-refractivity contribution in [3.8, 4) is 0 Å². The minimum Gasteiger partial charge on any atom is -0.314 e. The van der Waals surface area contributed by atoms with Crippen molar-refractivity contribution < 1.29 is 0 Å². The van der Waals surface area contributed by atoms with Gasteiger partial charge in [-0.25, -0.2) is 0 Å². The summed E-state index contributed by atoms with van der Waals surface area (Å²) in [5.74, 6) is 0. The van der Waals surface area contributed by atoms with Gasteiger partial charge in [-0.1, -0.05) is 19.8 Å². The van der Waals surface area contributed by atoms with Crippen LogP contribution in [0.2, 0.25) is 0 Å². The Morgan fingerprint density at radius 3 is 2.19 bits per heavy atom. The Labute approximate surface area is 102 Å². The third kappa shape index (κ3) is 5.31. The molecule has 0 aromatic carbocycles. The molecule has 0 aromatic heterocycles. The lowest BCUT2D eigenvalue weighted by molar-refractivity contribution is 0.169. The fourth-order valence-corrected chi connectivity index (χ4v) is 2.65. The summed E-state index contributed by atoms with van der Waals surface area (Å²) in [5, 5.41) is 3.38. The van der Waals surface area contributed by atoms with Gasteiger partial charge in [0.25, 0.3) is 0 Å². The normalized spacial score (nSPS) is 31.7. The van der Waals surface area contributed by atoms with E-state index in [1.54, 1.807) is 0 Å². The van der Waals surface area contributed by atoms with Crippen LogP contribution in [-0.2, 0) is 0 Å². The van der Waals surface area contributed by atoms with E-state index >= 15 is 0 Å². The smallest absolute Gasteiger partial charge is 0.00668 e. The Morgan fingerprint density at radius 1 is 1.06 bits per heavy atom. The number of nitrogens with zero attached hydrogens (tertiary/aromatic N) is 1. The molecule has 0 radical (unpaired) electrons. The van der Waals surface area contributed by atoms with Gasteiger partial charge in [0.2, 0.25) is 0 Å². The minimum absolute atomic E-state index is 0.786. The number of rotatable bonds is 1. The second-order valence-electron chi connectivity index (χ2n) is 5.32. The summed E-state index contributed by atoms with van der Waals surface area (Å²) in [7, 11) is 0. The van der Waals surface area contributed by atoms with Gasteiger partial charge < -0.3 is 10.2 Å². The second-order valence-corrected chi connectivity index (χ2v) is 5.32. The highest BCUT2D eigenvalue weighted by molar-refractivity contribution is 4.70. The first kappa shape index (κ1) is 14.0. The van der Waals surface area contributed by atoms with E-state index in [-0.39, 0.29) is 0 Å². The van der Waals surface area contributed by atoms with Gasteiger partial charge in [0, 0.05) is 12.1 Å². The topological polar surface area (TPSA) is 15.3 Å². The highest BCUT2D eigenvalue weighted by Crippen LogP contribution is 2.14. The van der Waals surface area contributed by atoms with E-state index in [9.17, 15) is 0 Å². The molecule has 0 bridgehead atoms. The SMILES string of the molecule is CC1CCCCN1.CCN1CCCCC1C. The molecule has 1 N–H and O–H groups in total. The van der Waals surface area contributed by atoms with E-state index in [0.717, 1.165) is 12.1 Å². The van der Waals surface area contributed by atoms with Crippen LogP contribution < -0.4 is 5.32 Å². The van der Waals surface area contributed by atoms with Gasteiger partial charge in [0.05, 0.1) is 0 Å². The fraction of sp³-hybridized carbons (Fsp3) is 1.00. The van der Waals surface area contributed by atoms with Crippen LogP contribution >= 0.6 is 0 Å². The number of likely N-dealkylation sites (tertiary alicyclic amines) is 1. The molecule has 2 heterocycles. The van der Waals surface area contributed by atoms with E-state index < -0.39 is 0 Å². The van der Waals surface area contributed by atoms with E-state index in [2.05, 4.69) is 31.0 Å². The third-order valence-corrected chi connectivity index (χ3v) is 3.90. The zero-order valence-corrected chi connectivity index (χ0v) is 11.5. The van der Waals surface area contributed by atoms with E-state index in [1.165, 1.54) is 58.2 Å². The molecule has 2 atom stereocenters. The maximum Gasteiger partial charge on any atom is 0.00668 e. The standard InChI is InChI=1S/C8H17N.C6H13N/c1-3-9-7-5-4-6-8(9)2;1-6-4-2-3-5-7-6/h8H,3-7H2,1-2H3;6-7H,2-5H2,1H3. The molecule has 2 heteroatoms. The quantitative estimate of drug-likeness (QED) is 0.739. The van der Waals surface area contributed by atoms with Crippen LogP contribution in [-0.4, -0.2) is 36.6 Å². The van der Waals surface area contributed by atoms with E-state index in [1.807, 2.05) is 0 Å². The molecule has 2 nitrogen and oxygen atoms in total. The first-order chi connectivity index (χ1) is 7.74. The predicted molar refractivity (Wildman–Crippen MR) is 71.9 cm³/mol. The summed E-state index contributed by atoms with van der Waals surface area (Å²) in [6, 6.07) is 1.64. The molecule has 0 amide bonds. The Balaban J connectivity index is 0.000000165. The number of hydrogen-bond donors (Lipinski definition) is 1. The van der Waals surface area contributed by atoms with Crippen molar-refractivity contribution in [3.63, 3.8) is 0 Å². The molecular weight excluding hydrogens is 196 g/mol. The van der Waals surface area contributed by atoms with Crippen molar-refractivity contribution in [2.45, 2.75) is 71.4 Å². The predicted octanol–water partition coefficient (Wildman–Crippen LogP) is 3.03. The molecule has 96 valence electrons. The summed E-state index contributed by atoms with van der Waals surface area (Å²) in [6.45, 7) is 10.6. The van der Waals surface area contributed by atoms with Gasteiger partial charge in [0.1, 0.15) is 0 Å². The van der Waals surface area contributed by atoms with Gasteiger partial charge in [-0.2, -0.15) is 0 Å². The second kappa shape index (κ2) is 8.08. The number of nitrogens with one attached hydrogen (secondary N) is 1. The first-order valence-corrected chi connectivity index (χ1v) is 7.21. The van der Waals surface area contributed by atoms with Crippen LogP contribution in [0, 0.1) is 0 Å². The maximum absolute atomic E-state index is 3.38. The summed E-state index contributed by atoms with van der Waals surface area (Å²) in [5.41, 5.74) is 0. The van der Waals surface area contributed by atoms with Crippen LogP contribution in [0.4, 0.5) is 0 Å². The Morgan fingerprint density at radius 2 is 1.81 bits per heavy atom. The molecule has 2 saturated heterocycles. The van der Waals surface area contributed by atoms with Gasteiger partial charge in [-0.05, 0) is 59.2 Å².